The zero-order valence-corrected chi connectivity index (χ0v) is 10.7. The van der Waals surface area contributed by atoms with Gasteiger partial charge in [0.15, 0.2) is 0 Å². The summed E-state index contributed by atoms with van der Waals surface area (Å²) in [5.41, 5.74) is 0. The van der Waals surface area contributed by atoms with Crippen molar-refractivity contribution in [2.24, 2.45) is 17.8 Å². The molecule has 0 aromatic rings. The van der Waals surface area contributed by atoms with Gasteiger partial charge in [-0.15, -0.1) is 0 Å². The smallest absolute Gasteiger partial charge is 0 e. The molecule has 0 aromatic carbocycles. The molecule has 1 heterocycles. The van der Waals surface area contributed by atoms with Crippen molar-refractivity contribution in [1.82, 2.24) is 4.90 Å². The SMILES string of the molecule is [CH2-]CC1[CH-]C2CN(C)CC2C1.[Y]. The van der Waals surface area contributed by atoms with E-state index in [0.717, 1.165) is 24.2 Å². The Hall–Kier alpha value is 1.06. The fourth-order valence-electron chi connectivity index (χ4n) is 2.62. The third kappa shape index (κ3) is 2.11. The molecule has 2 rings (SSSR count). The second-order valence-electron chi connectivity index (χ2n) is 4.12. The van der Waals surface area contributed by atoms with Gasteiger partial charge in [0.1, 0.15) is 0 Å². The van der Waals surface area contributed by atoms with E-state index in [1.165, 1.54) is 19.5 Å². The summed E-state index contributed by atoms with van der Waals surface area (Å²) in [6.07, 6.45) is 5.05. The van der Waals surface area contributed by atoms with Crippen molar-refractivity contribution in [1.29, 1.82) is 0 Å². The van der Waals surface area contributed by atoms with Crippen LogP contribution in [0.1, 0.15) is 12.8 Å². The molecule has 2 fully saturated rings. The molecule has 0 aromatic heterocycles. The summed E-state index contributed by atoms with van der Waals surface area (Å²) >= 11 is 0. The first kappa shape index (κ1) is 11.1. The summed E-state index contributed by atoms with van der Waals surface area (Å²) in [5.74, 6) is 2.69. The van der Waals surface area contributed by atoms with Crippen LogP contribution in [0.2, 0.25) is 0 Å². The van der Waals surface area contributed by atoms with Crippen LogP contribution in [0.5, 0.6) is 0 Å². The van der Waals surface area contributed by atoms with Gasteiger partial charge in [-0.2, -0.15) is 11.8 Å². The number of likely N-dealkylation sites (tertiary alicyclic amines) is 1. The molecular weight excluding hydrogens is 223 g/mol. The van der Waals surface area contributed by atoms with Crippen LogP contribution in [0.4, 0.5) is 0 Å². The Bertz CT molecular complexity index is 135. The standard InChI is InChI=1S/C10H17N.Y/c1-3-8-4-9-6-11(2)7-10(9)5-8;/h4,8-10H,1,3,5-7H2,2H3;/q-2;. The van der Waals surface area contributed by atoms with Crippen LogP contribution >= 0.6 is 0 Å². The molecular formula is C10H17NY-2. The first-order chi connectivity index (χ1) is 5.29. The Morgan fingerprint density at radius 2 is 2.25 bits per heavy atom. The molecule has 3 unspecified atom stereocenters. The minimum Gasteiger partial charge on any atom is -0.345 e. The van der Waals surface area contributed by atoms with Gasteiger partial charge in [0.05, 0.1) is 0 Å². The van der Waals surface area contributed by atoms with Crippen LogP contribution < -0.4 is 0 Å². The quantitative estimate of drug-likeness (QED) is 0.629. The maximum absolute atomic E-state index is 3.97. The molecule has 2 heteroatoms. The Kier molecular flexibility index (Phi) is 4.20. The van der Waals surface area contributed by atoms with Gasteiger partial charge in [-0.3, -0.25) is 0 Å². The molecule has 0 bridgehead atoms. The van der Waals surface area contributed by atoms with Gasteiger partial charge < -0.3 is 18.2 Å². The predicted molar refractivity (Wildman–Crippen MR) is 46.9 cm³/mol. The van der Waals surface area contributed by atoms with E-state index in [4.69, 9.17) is 0 Å². The predicted octanol–water partition coefficient (Wildman–Crippen LogP) is 1.61. The maximum Gasteiger partial charge on any atom is 0 e. The molecule has 1 aliphatic heterocycles. The van der Waals surface area contributed by atoms with E-state index >= 15 is 0 Å². The van der Waals surface area contributed by atoms with Crippen LogP contribution in [-0.2, 0) is 32.7 Å². The Balaban J connectivity index is 0.000000720. The first-order valence-electron chi connectivity index (χ1n) is 4.62. The molecule has 1 aliphatic carbocycles. The molecule has 12 heavy (non-hydrogen) atoms. The largest absolute Gasteiger partial charge is 0.345 e. The van der Waals surface area contributed by atoms with Crippen molar-refractivity contribution in [2.75, 3.05) is 20.1 Å². The van der Waals surface area contributed by atoms with Gasteiger partial charge >= 0.3 is 0 Å². The molecule has 1 radical (unpaired) electrons. The minimum atomic E-state index is 0. The molecule has 3 atom stereocenters. The molecule has 0 spiro atoms. The van der Waals surface area contributed by atoms with Crippen molar-refractivity contribution in [3.63, 3.8) is 0 Å². The van der Waals surface area contributed by atoms with Gasteiger partial charge in [-0.25, -0.2) is 6.42 Å². The zero-order chi connectivity index (χ0) is 7.84. The van der Waals surface area contributed by atoms with Gasteiger partial charge in [0.2, 0.25) is 0 Å². The summed E-state index contributed by atoms with van der Waals surface area (Å²) in [5, 5.41) is 0. The fraction of sp³-hybridized carbons (Fsp3) is 0.800. The number of rotatable bonds is 1. The van der Waals surface area contributed by atoms with Crippen molar-refractivity contribution in [3.8, 4) is 0 Å². The number of hydrogen-bond donors (Lipinski definition) is 0. The van der Waals surface area contributed by atoms with E-state index in [1.54, 1.807) is 0 Å². The van der Waals surface area contributed by atoms with Crippen LogP contribution in [0.15, 0.2) is 0 Å². The topological polar surface area (TPSA) is 3.24 Å². The summed E-state index contributed by atoms with van der Waals surface area (Å²) in [7, 11) is 2.23. The van der Waals surface area contributed by atoms with E-state index in [0.29, 0.717) is 0 Å². The molecule has 1 saturated carbocycles. The van der Waals surface area contributed by atoms with E-state index in [9.17, 15) is 0 Å². The van der Waals surface area contributed by atoms with E-state index in [1.807, 2.05) is 0 Å². The van der Waals surface area contributed by atoms with Gasteiger partial charge in [0.25, 0.3) is 0 Å². The Morgan fingerprint density at radius 1 is 1.50 bits per heavy atom. The monoisotopic (exact) mass is 240 g/mol. The van der Waals surface area contributed by atoms with E-state index < -0.39 is 0 Å². The molecule has 0 amide bonds. The second-order valence-corrected chi connectivity index (χ2v) is 4.12. The van der Waals surface area contributed by atoms with Crippen molar-refractivity contribution < 1.29 is 32.7 Å². The van der Waals surface area contributed by atoms with Gasteiger partial charge in [0, 0.05) is 32.7 Å². The molecule has 0 N–H and O–H groups in total. The molecule has 2 aliphatic rings. The Morgan fingerprint density at radius 3 is 2.83 bits per heavy atom. The average molecular weight is 240 g/mol. The van der Waals surface area contributed by atoms with Crippen molar-refractivity contribution in [2.45, 2.75) is 12.8 Å². The molecule has 67 valence electrons. The van der Waals surface area contributed by atoms with Gasteiger partial charge in [-0.05, 0) is 20.1 Å². The number of nitrogens with zero attached hydrogens (tertiary/aromatic N) is 1. The van der Waals surface area contributed by atoms with Crippen LogP contribution in [0.25, 0.3) is 0 Å². The number of fused-ring (bicyclic) bond motifs is 1. The third-order valence-corrected chi connectivity index (χ3v) is 3.17. The summed E-state index contributed by atoms with van der Waals surface area (Å²) in [6.45, 7) is 6.58. The second kappa shape index (κ2) is 4.53. The molecule has 1 nitrogen and oxygen atoms in total. The van der Waals surface area contributed by atoms with Crippen LogP contribution in [-0.4, -0.2) is 25.0 Å². The van der Waals surface area contributed by atoms with Crippen LogP contribution in [0, 0.1) is 31.1 Å². The average Bonchev–Trinajstić information content (AvgIpc) is 2.43. The third-order valence-electron chi connectivity index (χ3n) is 3.17. The first-order valence-corrected chi connectivity index (χ1v) is 4.62. The minimum absolute atomic E-state index is 0. The summed E-state index contributed by atoms with van der Waals surface area (Å²) in [4.78, 5) is 2.45. The van der Waals surface area contributed by atoms with E-state index in [-0.39, 0.29) is 32.7 Å². The summed E-state index contributed by atoms with van der Waals surface area (Å²) < 4.78 is 0. The summed E-state index contributed by atoms with van der Waals surface area (Å²) in [6, 6.07) is 0. The maximum atomic E-state index is 3.97. The Labute approximate surface area is 101 Å². The van der Waals surface area contributed by atoms with Crippen molar-refractivity contribution >= 4 is 0 Å². The van der Waals surface area contributed by atoms with Crippen LogP contribution in [0.3, 0.4) is 0 Å². The zero-order valence-electron chi connectivity index (χ0n) is 7.87. The normalized spacial score (nSPS) is 41.0. The van der Waals surface area contributed by atoms with Gasteiger partial charge in [-0.1, -0.05) is 12.3 Å². The van der Waals surface area contributed by atoms with Crippen molar-refractivity contribution in [3.05, 3.63) is 13.3 Å². The van der Waals surface area contributed by atoms with E-state index in [2.05, 4.69) is 25.3 Å². The fourth-order valence-corrected chi connectivity index (χ4v) is 2.62. The molecule has 1 saturated heterocycles. The number of hydrogen-bond acceptors (Lipinski definition) is 1.